The third-order valence-electron chi connectivity index (χ3n) is 4.55. The molecule has 1 unspecified atom stereocenters. The Morgan fingerprint density at radius 2 is 1.65 bits per heavy atom. The Kier molecular flexibility index (Phi) is 11.3. The van der Waals surface area contributed by atoms with Crippen LogP contribution in [0.5, 0.6) is 5.75 Å². The molecule has 1 aromatic carbocycles. The molecular weight excluding hydrogens is 342 g/mol. The molecule has 2 N–H and O–H groups in total. The molecule has 0 radical (unpaired) electrons. The lowest BCUT2D eigenvalue weighted by molar-refractivity contribution is 0.0372. The molecule has 0 amide bonds. The van der Waals surface area contributed by atoms with Gasteiger partial charge in [-0.3, -0.25) is 0 Å². The summed E-state index contributed by atoms with van der Waals surface area (Å²) in [7, 11) is 0. The van der Waals surface area contributed by atoms with Gasteiger partial charge in [0.05, 0.1) is 0 Å². The van der Waals surface area contributed by atoms with Crippen LogP contribution in [0.25, 0.3) is 0 Å². The molecule has 3 nitrogen and oxygen atoms in total. The van der Waals surface area contributed by atoms with E-state index in [1.807, 2.05) is 37.7 Å². The first kappa shape index (κ1) is 23.3. The number of benzene rings is 1. The van der Waals surface area contributed by atoms with Gasteiger partial charge in [0, 0.05) is 15.7 Å². The summed E-state index contributed by atoms with van der Waals surface area (Å²) in [6.07, 6.45) is 7.15. The summed E-state index contributed by atoms with van der Waals surface area (Å²) < 4.78 is 5.79. The largest absolute Gasteiger partial charge is 0.491 e. The van der Waals surface area contributed by atoms with Gasteiger partial charge in [-0.2, -0.15) is 0 Å². The lowest BCUT2D eigenvalue weighted by Crippen LogP contribution is -2.52. The molecule has 0 spiro atoms. The van der Waals surface area contributed by atoms with Crippen LogP contribution in [-0.4, -0.2) is 35.2 Å². The second-order valence-electron chi connectivity index (χ2n) is 7.88. The maximum Gasteiger partial charge on any atom is 0.119 e. The normalized spacial score (nSPS) is 13.2. The highest BCUT2D eigenvalue weighted by Gasteiger charge is 2.27. The first-order valence-corrected chi connectivity index (χ1v) is 11.1. The Morgan fingerprint density at radius 1 is 1.04 bits per heavy atom. The SMILES string of the molecule is CCCCCCCCNC(C)(C)C(O)COc1ccc(SC(C)C)cc1. The number of aliphatic hydroxyl groups is 1. The van der Waals surface area contributed by atoms with Crippen LogP contribution < -0.4 is 10.1 Å². The van der Waals surface area contributed by atoms with Crippen molar-refractivity contribution in [2.45, 2.75) is 94.9 Å². The average Bonchev–Trinajstić information content (AvgIpc) is 2.59. The van der Waals surface area contributed by atoms with Crippen molar-refractivity contribution in [1.29, 1.82) is 0 Å². The zero-order valence-electron chi connectivity index (χ0n) is 17.4. The molecule has 1 aromatic rings. The molecule has 0 fully saturated rings. The minimum absolute atomic E-state index is 0.299. The van der Waals surface area contributed by atoms with Crippen molar-refractivity contribution in [3.8, 4) is 5.75 Å². The van der Waals surface area contributed by atoms with Crippen LogP contribution in [0, 0.1) is 0 Å². The number of ether oxygens (including phenoxy) is 1. The minimum Gasteiger partial charge on any atom is -0.491 e. The van der Waals surface area contributed by atoms with E-state index in [1.165, 1.54) is 37.0 Å². The van der Waals surface area contributed by atoms with Crippen molar-refractivity contribution in [2.75, 3.05) is 13.2 Å². The Morgan fingerprint density at radius 3 is 2.27 bits per heavy atom. The molecule has 0 saturated heterocycles. The van der Waals surface area contributed by atoms with Crippen LogP contribution in [0.1, 0.15) is 73.1 Å². The number of thioether (sulfide) groups is 1. The second kappa shape index (κ2) is 12.6. The number of hydrogen-bond acceptors (Lipinski definition) is 4. The lowest BCUT2D eigenvalue weighted by atomic mass is 9.97. The van der Waals surface area contributed by atoms with Crippen molar-refractivity contribution in [3.63, 3.8) is 0 Å². The fourth-order valence-corrected chi connectivity index (χ4v) is 3.54. The van der Waals surface area contributed by atoms with Gasteiger partial charge in [0.2, 0.25) is 0 Å². The molecule has 150 valence electrons. The Hall–Kier alpha value is -0.710. The summed E-state index contributed by atoms with van der Waals surface area (Å²) in [5, 5.41) is 14.5. The monoisotopic (exact) mass is 381 g/mol. The van der Waals surface area contributed by atoms with Crippen molar-refractivity contribution in [3.05, 3.63) is 24.3 Å². The molecule has 1 atom stereocenters. The topological polar surface area (TPSA) is 41.5 Å². The van der Waals surface area contributed by atoms with Crippen LogP contribution in [0.4, 0.5) is 0 Å². The summed E-state index contributed by atoms with van der Waals surface area (Å²) in [4.78, 5) is 1.24. The lowest BCUT2D eigenvalue weighted by Gasteiger charge is -2.32. The standard InChI is InChI=1S/C22H39NO2S/c1-6-7-8-9-10-11-16-23-22(4,5)21(24)17-25-19-12-14-20(15-13-19)26-18(2)3/h12-15,18,21,23-24H,6-11,16-17H2,1-5H3. The highest BCUT2D eigenvalue weighted by molar-refractivity contribution is 7.99. The summed E-state index contributed by atoms with van der Waals surface area (Å²) >= 11 is 1.84. The van der Waals surface area contributed by atoms with E-state index >= 15 is 0 Å². The van der Waals surface area contributed by atoms with E-state index in [0.717, 1.165) is 18.7 Å². The number of nitrogens with one attached hydrogen (secondary N) is 1. The van der Waals surface area contributed by atoms with E-state index in [2.05, 4.69) is 38.2 Å². The highest BCUT2D eigenvalue weighted by Crippen LogP contribution is 2.25. The van der Waals surface area contributed by atoms with E-state index in [0.29, 0.717) is 11.9 Å². The van der Waals surface area contributed by atoms with E-state index in [9.17, 15) is 5.11 Å². The van der Waals surface area contributed by atoms with Crippen molar-refractivity contribution < 1.29 is 9.84 Å². The molecule has 0 aliphatic carbocycles. The Balaban J connectivity index is 2.28. The van der Waals surface area contributed by atoms with Crippen molar-refractivity contribution in [1.82, 2.24) is 5.32 Å². The van der Waals surface area contributed by atoms with Crippen LogP contribution in [0.3, 0.4) is 0 Å². The molecule has 0 bridgehead atoms. The zero-order chi connectivity index (χ0) is 19.4. The quantitative estimate of drug-likeness (QED) is 0.322. The van der Waals surface area contributed by atoms with Crippen LogP contribution in [0.2, 0.25) is 0 Å². The molecule has 0 heterocycles. The average molecular weight is 382 g/mol. The van der Waals surface area contributed by atoms with Gasteiger partial charge in [-0.15, -0.1) is 11.8 Å². The van der Waals surface area contributed by atoms with Crippen LogP contribution in [0.15, 0.2) is 29.2 Å². The van der Waals surface area contributed by atoms with Gasteiger partial charge in [0.15, 0.2) is 0 Å². The van der Waals surface area contributed by atoms with Crippen molar-refractivity contribution in [2.24, 2.45) is 0 Å². The van der Waals surface area contributed by atoms with Gasteiger partial charge in [-0.05, 0) is 51.1 Å². The van der Waals surface area contributed by atoms with Gasteiger partial charge in [-0.25, -0.2) is 0 Å². The fraction of sp³-hybridized carbons (Fsp3) is 0.727. The summed E-state index contributed by atoms with van der Waals surface area (Å²) in [6, 6.07) is 8.12. The van der Waals surface area contributed by atoms with Gasteiger partial charge < -0.3 is 15.2 Å². The first-order valence-electron chi connectivity index (χ1n) is 10.2. The smallest absolute Gasteiger partial charge is 0.119 e. The molecule has 0 aliphatic heterocycles. The third-order valence-corrected chi connectivity index (χ3v) is 5.56. The van der Waals surface area contributed by atoms with Crippen molar-refractivity contribution >= 4 is 11.8 Å². The molecule has 1 rings (SSSR count). The van der Waals surface area contributed by atoms with Gasteiger partial charge >= 0.3 is 0 Å². The Labute approximate surface area is 165 Å². The first-order chi connectivity index (χ1) is 12.3. The number of aliphatic hydroxyl groups excluding tert-OH is 1. The summed E-state index contributed by atoms with van der Waals surface area (Å²) in [6.45, 7) is 11.9. The minimum atomic E-state index is -0.549. The molecule has 26 heavy (non-hydrogen) atoms. The number of rotatable bonds is 14. The van der Waals surface area contributed by atoms with Gasteiger partial charge in [0.25, 0.3) is 0 Å². The van der Waals surface area contributed by atoms with E-state index in [4.69, 9.17) is 4.74 Å². The molecule has 0 aromatic heterocycles. The number of hydrogen-bond donors (Lipinski definition) is 2. The third kappa shape index (κ3) is 9.84. The van der Waals surface area contributed by atoms with E-state index in [1.54, 1.807) is 0 Å². The summed E-state index contributed by atoms with van der Waals surface area (Å²) in [5.74, 6) is 0.809. The highest BCUT2D eigenvalue weighted by atomic mass is 32.2. The second-order valence-corrected chi connectivity index (χ2v) is 9.53. The van der Waals surface area contributed by atoms with E-state index in [-0.39, 0.29) is 5.54 Å². The van der Waals surface area contributed by atoms with E-state index < -0.39 is 6.10 Å². The number of unbranched alkanes of at least 4 members (excludes halogenated alkanes) is 5. The molecule has 0 saturated carbocycles. The molecule has 4 heteroatoms. The molecule has 0 aliphatic rings. The fourth-order valence-electron chi connectivity index (χ4n) is 2.70. The van der Waals surface area contributed by atoms with Gasteiger partial charge in [0.1, 0.15) is 18.5 Å². The maximum atomic E-state index is 10.5. The molecular formula is C22H39NO2S. The van der Waals surface area contributed by atoms with Crippen LogP contribution >= 0.6 is 11.8 Å². The predicted octanol–water partition coefficient (Wildman–Crippen LogP) is 5.66. The predicted molar refractivity (Wildman–Crippen MR) is 114 cm³/mol. The summed E-state index contributed by atoms with van der Waals surface area (Å²) in [5.41, 5.74) is -0.350. The van der Waals surface area contributed by atoms with Crippen LogP contribution in [-0.2, 0) is 0 Å². The maximum absolute atomic E-state index is 10.5. The zero-order valence-corrected chi connectivity index (χ0v) is 18.2. The van der Waals surface area contributed by atoms with Gasteiger partial charge in [-0.1, -0.05) is 52.9 Å². The Bertz CT molecular complexity index is 474.